The second-order valence-corrected chi connectivity index (χ2v) is 7.99. The van der Waals surface area contributed by atoms with E-state index in [1.54, 1.807) is 0 Å². The molecule has 3 N–H and O–H groups in total. The van der Waals surface area contributed by atoms with Crippen molar-refractivity contribution in [2.75, 3.05) is 5.32 Å². The zero-order valence-electron chi connectivity index (χ0n) is 16.3. The van der Waals surface area contributed by atoms with E-state index in [4.69, 9.17) is 10.7 Å². The first-order valence-corrected chi connectivity index (χ1v) is 10.9. The van der Waals surface area contributed by atoms with E-state index in [9.17, 15) is 0 Å². The Kier molecular flexibility index (Phi) is 7.93. The summed E-state index contributed by atoms with van der Waals surface area (Å²) in [6, 6.07) is 0.510. The lowest BCUT2D eigenvalue weighted by Gasteiger charge is -2.20. The molecule has 0 aromatic carbocycles. The molecule has 1 saturated carbocycles. The second-order valence-electron chi connectivity index (χ2n) is 7.99. The zero-order valence-corrected chi connectivity index (χ0v) is 16.3. The maximum atomic E-state index is 5.99. The molecule has 3 rings (SSSR count). The predicted octanol–water partition coefficient (Wildman–Crippen LogP) is 5.59. The highest BCUT2D eigenvalue weighted by molar-refractivity contribution is 5.66. The van der Waals surface area contributed by atoms with Gasteiger partial charge in [-0.25, -0.2) is 9.97 Å². The largest absolute Gasteiger partial charge is 0.351 e. The fourth-order valence-electron chi connectivity index (χ4n) is 4.27. The molecule has 26 heavy (non-hydrogen) atoms. The van der Waals surface area contributed by atoms with E-state index in [-0.39, 0.29) is 0 Å². The van der Waals surface area contributed by atoms with Gasteiger partial charge in [-0.1, -0.05) is 57.4 Å². The second kappa shape index (κ2) is 10.7. The Labute approximate surface area is 159 Å². The van der Waals surface area contributed by atoms with Gasteiger partial charge in [0.2, 0.25) is 5.95 Å². The van der Waals surface area contributed by atoms with Gasteiger partial charge in [-0.3, -0.25) is 0 Å². The first-order valence-electron chi connectivity index (χ1n) is 10.9. The van der Waals surface area contributed by atoms with E-state index >= 15 is 0 Å². The maximum Gasteiger partial charge on any atom is 0.223 e. The van der Waals surface area contributed by atoms with E-state index in [1.807, 2.05) is 6.20 Å². The van der Waals surface area contributed by atoms with Gasteiger partial charge in [0.1, 0.15) is 0 Å². The lowest BCUT2D eigenvalue weighted by atomic mass is 9.96. The van der Waals surface area contributed by atoms with Crippen molar-refractivity contribution in [3.05, 3.63) is 23.5 Å². The van der Waals surface area contributed by atoms with Crippen LogP contribution in [0.1, 0.15) is 101 Å². The number of hydrogen-bond donors (Lipinski definition) is 2. The average molecular weight is 357 g/mol. The number of aromatic nitrogens is 2. The quantitative estimate of drug-likeness (QED) is 0.738. The third kappa shape index (κ3) is 5.80. The van der Waals surface area contributed by atoms with Crippen LogP contribution in [0.2, 0.25) is 0 Å². The van der Waals surface area contributed by atoms with Crippen LogP contribution >= 0.6 is 0 Å². The maximum absolute atomic E-state index is 5.99. The van der Waals surface area contributed by atoms with Crippen LogP contribution in [0, 0.1) is 0 Å². The molecule has 0 bridgehead atoms. The highest BCUT2D eigenvalue weighted by Gasteiger charge is 2.15. The number of rotatable bonds is 4. The fraction of sp³-hybridized carbons (Fsp3) is 0.727. The molecule has 144 valence electrons. The van der Waals surface area contributed by atoms with Crippen LogP contribution in [0.15, 0.2) is 12.3 Å². The Morgan fingerprint density at radius 3 is 2.38 bits per heavy atom. The molecule has 0 atom stereocenters. The number of nitrogens with two attached hydrogens (primary N) is 1. The van der Waals surface area contributed by atoms with Gasteiger partial charge in [0.05, 0.1) is 5.69 Å². The number of hydrogen-bond acceptors (Lipinski definition) is 4. The molecule has 0 saturated heterocycles. The molecule has 0 unspecified atom stereocenters. The molecule has 1 aromatic heterocycles. The highest BCUT2D eigenvalue weighted by Crippen LogP contribution is 2.27. The molecule has 4 nitrogen and oxygen atoms in total. The molecule has 4 heteroatoms. The lowest BCUT2D eigenvalue weighted by Crippen LogP contribution is -2.21. The van der Waals surface area contributed by atoms with Crippen LogP contribution < -0.4 is 11.1 Å². The van der Waals surface area contributed by atoms with Crippen LogP contribution in [0.3, 0.4) is 0 Å². The summed E-state index contributed by atoms with van der Waals surface area (Å²) < 4.78 is 0. The minimum Gasteiger partial charge on any atom is -0.351 e. The molecule has 0 aliphatic heterocycles. The smallest absolute Gasteiger partial charge is 0.223 e. The number of nitrogens with one attached hydrogen (secondary N) is 1. The first kappa shape index (κ1) is 19.3. The van der Waals surface area contributed by atoms with Crippen molar-refractivity contribution in [1.82, 2.24) is 9.97 Å². The van der Waals surface area contributed by atoms with E-state index in [1.165, 1.54) is 82.6 Å². The van der Waals surface area contributed by atoms with E-state index < -0.39 is 0 Å². The van der Waals surface area contributed by atoms with Gasteiger partial charge >= 0.3 is 0 Å². The molecule has 1 aromatic rings. The summed E-state index contributed by atoms with van der Waals surface area (Å²) in [5, 5.41) is 3.64. The van der Waals surface area contributed by atoms with Crippen LogP contribution in [-0.2, 0) is 6.54 Å². The Balaban J connectivity index is 1.75. The third-order valence-corrected chi connectivity index (χ3v) is 5.87. The standard InChI is InChI=1S/C22H36N4/c23-16-19-17-24-22(25-20-14-10-6-1-2-7-11-15-20)26-21(19)18-12-8-4-3-5-9-13-18/h12,17,20H,1-11,13-16,23H2,(H,24,25,26)/b18-12+. The lowest BCUT2D eigenvalue weighted by molar-refractivity contribution is 0.559. The van der Waals surface area contributed by atoms with Gasteiger partial charge in [0.25, 0.3) is 0 Å². The molecule has 0 radical (unpaired) electrons. The van der Waals surface area contributed by atoms with E-state index in [2.05, 4.69) is 16.4 Å². The summed E-state index contributed by atoms with van der Waals surface area (Å²) in [5.41, 5.74) is 9.54. The Bertz CT molecular complexity index is 572. The van der Waals surface area contributed by atoms with Crippen molar-refractivity contribution in [3.63, 3.8) is 0 Å². The Hall–Kier alpha value is -1.42. The van der Waals surface area contributed by atoms with Crippen molar-refractivity contribution in [1.29, 1.82) is 0 Å². The number of anilines is 1. The summed E-state index contributed by atoms with van der Waals surface area (Å²) in [7, 11) is 0. The Morgan fingerprint density at radius 2 is 1.62 bits per heavy atom. The van der Waals surface area contributed by atoms with E-state index in [0.717, 1.165) is 30.0 Å². The van der Waals surface area contributed by atoms with Crippen molar-refractivity contribution in [3.8, 4) is 0 Å². The Morgan fingerprint density at radius 1 is 0.923 bits per heavy atom. The van der Waals surface area contributed by atoms with Crippen molar-refractivity contribution >= 4 is 11.5 Å². The average Bonchev–Trinajstić information content (AvgIpc) is 2.76. The minimum absolute atomic E-state index is 0.510. The van der Waals surface area contributed by atoms with Crippen LogP contribution in [0.5, 0.6) is 0 Å². The molecule has 1 heterocycles. The van der Waals surface area contributed by atoms with Crippen molar-refractivity contribution in [2.24, 2.45) is 5.73 Å². The summed E-state index contributed by atoms with van der Waals surface area (Å²) in [6.45, 7) is 0.510. The normalized spacial score (nSPS) is 22.9. The molecule has 2 aliphatic rings. The SMILES string of the molecule is NCc1cnc(NC2CCCCCCCC2)nc1/C1=C/CCCCCC1. The number of nitrogens with zero attached hydrogens (tertiary/aromatic N) is 2. The van der Waals surface area contributed by atoms with Crippen molar-refractivity contribution in [2.45, 2.75) is 102 Å². The summed E-state index contributed by atoms with van der Waals surface area (Å²) in [6.07, 6.45) is 22.5. The van der Waals surface area contributed by atoms with Crippen LogP contribution in [0.4, 0.5) is 5.95 Å². The third-order valence-electron chi connectivity index (χ3n) is 5.87. The summed E-state index contributed by atoms with van der Waals surface area (Å²) in [4.78, 5) is 9.53. The molecule has 0 amide bonds. The van der Waals surface area contributed by atoms with Gasteiger partial charge in [0, 0.05) is 24.3 Å². The van der Waals surface area contributed by atoms with Gasteiger partial charge in [-0.15, -0.1) is 0 Å². The number of allylic oxidation sites excluding steroid dienone is 2. The fourth-order valence-corrected chi connectivity index (χ4v) is 4.27. The molecule has 2 aliphatic carbocycles. The first-order chi connectivity index (χ1) is 12.9. The van der Waals surface area contributed by atoms with Gasteiger partial charge in [0.15, 0.2) is 0 Å². The highest BCUT2D eigenvalue weighted by atomic mass is 15.1. The molecule has 1 fully saturated rings. The van der Waals surface area contributed by atoms with Crippen LogP contribution in [-0.4, -0.2) is 16.0 Å². The van der Waals surface area contributed by atoms with E-state index in [0.29, 0.717) is 12.6 Å². The van der Waals surface area contributed by atoms with Gasteiger partial charge in [-0.05, 0) is 44.1 Å². The summed E-state index contributed by atoms with van der Waals surface area (Å²) >= 11 is 0. The summed E-state index contributed by atoms with van der Waals surface area (Å²) in [5.74, 6) is 0.796. The minimum atomic E-state index is 0.510. The molecule has 0 spiro atoms. The zero-order chi connectivity index (χ0) is 18.0. The molecular weight excluding hydrogens is 320 g/mol. The topological polar surface area (TPSA) is 63.8 Å². The van der Waals surface area contributed by atoms with Gasteiger partial charge < -0.3 is 11.1 Å². The van der Waals surface area contributed by atoms with Crippen molar-refractivity contribution < 1.29 is 0 Å². The molecular formula is C22H36N4. The van der Waals surface area contributed by atoms with Crippen LogP contribution in [0.25, 0.3) is 5.57 Å². The van der Waals surface area contributed by atoms with Gasteiger partial charge in [-0.2, -0.15) is 0 Å². The monoisotopic (exact) mass is 356 g/mol. The predicted molar refractivity (Wildman–Crippen MR) is 110 cm³/mol.